The number of aliphatic carboxylic acids is 1. The molecular weight excluding hydrogens is 506 g/mol. The number of aryl methyl sites for hydroxylation is 1. The van der Waals surface area contributed by atoms with Crippen LogP contribution >= 0.6 is 0 Å². The van der Waals surface area contributed by atoms with Crippen molar-refractivity contribution >= 4 is 41.5 Å². The minimum Gasteiger partial charge on any atom is -0.481 e. The van der Waals surface area contributed by atoms with Gasteiger partial charge in [-0.3, -0.25) is 14.5 Å². The number of anilines is 2. The maximum Gasteiger partial charge on any atom is 0.323 e. The second kappa shape index (κ2) is 13.6. The lowest BCUT2D eigenvalue weighted by atomic mass is 9.82. The van der Waals surface area contributed by atoms with E-state index < -0.39 is 12.0 Å². The number of hydrogen-bond donors (Lipinski definition) is 3. The summed E-state index contributed by atoms with van der Waals surface area (Å²) in [5.41, 5.74) is 15.7. The number of carbonyl (C=O) groups excluding carboxylic acids is 2. The standard InChI is InChI=1S/C17H23NO4.C15H12N2O/c18-11-13-1-6-14(7-2-13)17(21)22-15-8-3-12(4-9-15)5-10-16(19)20;16-15(18)17-13-7-3-1-5-11(13)9-10-12-6-2-4-8-14(12)17/h3-4,8-9,13-14H,1-2,5-7,10-11,18H2,(H,19,20);1-10H,(H2,16,18)/t13-,14-;. The summed E-state index contributed by atoms with van der Waals surface area (Å²) in [7, 11) is 0. The monoisotopic (exact) mass is 541 g/mol. The zero-order valence-electron chi connectivity index (χ0n) is 22.4. The van der Waals surface area contributed by atoms with Gasteiger partial charge in [-0.25, -0.2) is 4.79 Å². The lowest BCUT2D eigenvalue weighted by Crippen LogP contribution is -2.32. The number of para-hydroxylation sites is 2. The summed E-state index contributed by atoms with van der Waals surface area (Å²) in [5, 5.41) is 8.65. The number of rotatable bonds is 6. The summed E-state index contributed by atoms with van der Waals surface area (Å²) in [6, 6.07) is 22.0. The fourth-order valence-electron chi connectivity index (χ4n) is 5.02. The molecule has 0 radical (unpaired) electrons. The molecule has 208 valence electrons. The molecule has 5 rings (SSSR count). The van der Waals surface area contributed by atoms with Crippen LogP contribution in [0.2, 0.25) is 0 Å². The van der Waals surface area contributed by atoms with Crippen LogP contribution < -0.4 is 21.1 Å². The molecule has 0 bridgehead atoms. The van der Waals surface area contributed by atoms with Gasteiger partial charge in [-0.2, -0.15) is 0 Å². The van der Waals surface area contributed by atoms with E-state index in [1.54, 1.807) is 29.2 Å². The molecule has 1 saturated carbocycles. The Balaban J connectivity index is 0.000000188. The van der Waals surface area contributed by atoms with Gasteiger partial charge in [-0.05, 0) is 85.5 Å². The van der Waals surface area contributed by atoms with Crippen LogP contribution in [0.3, 0.4) is 0 Å². The van der Waals surface area contributed by atoms with Crippen molar-refractivity contribution in [3.05, 3.63) is 89.5 Å². The Hall–Kier alpha value is -4.43. The molecule has 0 spiro atoms. The maximum absolute atomic E-state index is 12.1. The van der Waals surface area contributed by atoms with E-state index in [4.69, 9.17) is 21.3 Å². The molecule has 1 heterocycles. The highest BCUT2D eigenvalue weighted by Gasteiger charge is 2.27. The molecule has 2 aliphatic rings. The first kappa shape index (κ1) is 28.6. The van der Waals surface area contributed by atoms with Crippen molar-refractivity contribution in [3.8, 4) is 5.75 Å². The van der Waals surface area contributed by atoms with Crippen molar-refractivity contribution in [2.75, 3.05) is 11.4 Å². The number of esters is 1. The van der Waals surface area contributed by atoms with E-state index in [1.807, 2.05) is 60.7 Å². The molecule has 0 atom stereocenters. The Morgan fingerprint density at radius 2 is 1.38 bits per heavy atom. The second-order valence-electron chi connectivity index (χ2n) is 10.0. The van der Waals surface area contributed by atoms with E-state index in [0.717, 1.165) is 53.7 Å². The third kappa shape index (κ3) is 7.36. The summed E-state index contributed by atoms with van der Waals surface area (Å²) >= 11 is 0. The third-order valence-corrected chi connectivity index (χ3v) is 7.30. The van der Waals surface area contributed by atoms with Gasteiger partial charge in [0.15, 0.2) is 0 Å². The quantitative estimate of drug-likeness (QED) is 0.268. The average Bonchev–Trinajstić information content (AvgIpc) is 3.14. The lowest BCUT2D eigenvalue weighted by molar-refractivity contribution is -0.140. The van der Waals surface area contributed by atoms with Gasteiger partial charge in [0.05, 0.1) is 17.3 Å². The fraction of sp³-hybridized carbons (Fsp3) is 0.281. The molecule has 1 fully saturated rings. The SMILES string of the molecule is NC(=O)N1c2ccccc2C=Cc2ccccc21.NC[C@H]1CC[C@H](C(=O)Oc2ccc(CCC(=O)O)cc2)CC1. The minimum atomic E-state index is -0.816. The van der Waals surface area contributed by atoms with E-state index in [2.05, 4.69) is 0 Å². The van der Waals surface area contributed by atoms with Gasteiger partial charge in [-0.1, -0.05) is 60.7 Å². The molecule has 8 nitrogen and oxygen atoms in total. The first-order valence-corrected chi connectivity index (χ1v) is 13.5. The number of urea groups is 1. The van der Waals surface area contributed by atoms with E-state index >= 15 is 0 Å². The number of nitrogens with zero attached hydrogens (tertiary/aromatic N) is 1. The summed E-state index contributed by atoms with van der Waals surface area (Å²) in [6.45, 7) is 0.694. The molecule has 3 aromatic carbocycles. The van der Waals surface area contributed by atoms with Crippen LogP contribution in [0.5, 0.6) is 5.75 Å². The molecule has 5 N–H and O–H groups in total. The number of carbonyl (C=O) groups is 3. The van der Waals surface area contributed by atoms with Gasteiger partial charge in [0.1, 0.15) is 5.75 Å². The van der Waals surface area contributed by atoms with Crippen molar-refractivity contribution in [1.29, 1.82) is 0 Å². The van der Waals surface area contributed by atoms with Crippen molar-refractivity contribution in [3.63, 3.8) is 0 Å². The lowest BCUT2D eigenvalue weighted by Gasteiger charge is -2.26. The summed E-state index contributed by atoms with van der Waals surface area (Å²) in [4.78, 5) is 36.0. The molecule has 0 saturated heterocycles. The fourth-order valence-corrected chi connectivity index (χ4v) is 5.02. The van der Waals surface area contributed by atoms with Gasteiger partial charge in [0, 0.05) is 6.42 Å². The van der Waals surface area contributed by atoms with Crippen molar-refractivity contribution in [1.82, 2.24) is 0 Å². The van der Waals surface area contributed by atoms with Crippen LogP contribution in [0.25, 0.3) is 12.2 Å². The first-order chi connectivity index (χ1) is 19.4. The zero-order chi connectivity index (χ0) is 28.5. The van der Waals surface area contributed by atoms with Crippen LogP contribution in [-0.4, -0.2) is 29.6 Å². The average molecular weight is 542 g/mol. The van der Waals surface area contributed by atoms with Gasteiger partial charge in [0.25, 0.3) is 0 Å². The second-order valence-corrected chi connectivity index (χ2v) is 10.0. The molecular formula is C32H35N3O5. The Morgan fingerprint density at radius 1 is 0.825 bits per heavy atom. The molecule has 0 aromatic heterocycles. The number of amides is 2. The van der Waals surface area contributed by atoms with Crippen molar-refractivity contribution in [2.45, 2.75) is 38.5 Å². The van der Waals surface area contributed by atoms with Crippen molar-refractivity contribution in [2.24, 2.45) is 23.3 Å². The Labute approximate surface area is 234 Å². The normalized spacial score (nSPS) is 17.4. The number of carboxylic acids is 1. The van der Waals surface area contributed by atoms with Gasteiger partial charge in [0.2, 0.25) is 0 Å². The number of hydrogen-bond acceptors (Lipinski definition) is 5. The Bertz CT molecular complexity index is 1310. The molecule has 8 heteroatoms. The molecule has 1 aliphatic heterocycles. The van der Waals surface area contributed by atoms with Gasteiger partial charge in [-0.15, -0.1) is 0 Å². The number of fused-ring (bicyclic) bond motifs is 2. The maximum atomic E-state index is 12.1. The molecule has 1 aliphatic carbocycles. The van der Waals surface area contributed by atoms with E-state index in [1.165, 1.54) is 0 Å². The Kier molecular flexibility index (Phi) is 9.70. The van der Waals surface area contributed by atoms with Crippen LogP contribution in [0.1, 0.15) is 48.8 Å². The van der Waals surface area contributed by atoms with E-state index in [9.17, 15) is 14.4 Å². The third-order valence-electron chi connectivity index (χ3n) is 7.30. The van der Waals surface area contributed by atoms with Crippen molar-refractivity contribution < 1.29 is 24.2 Å². The summed E-state index contributed by atoms with van der Waals surface area (Å²) in [5.74, 6) is 0.0365. The van der Waals surface area contributed by atoms with Crippen LogP contribution in [0.15, 0.2) is 72.8 Å². The van der Waals surface area contributed by atoms with Gasteiger partial charge >= 0.3 is 18.0 Å². The van der Waals surface area contributed by atoms with Gasteiger partial charge < -0.3 is 21.3 Å². The number of ether oxygens (including phenoxy) is 1. The van der Waals surface area contributed by atoms with E-state index in [0.29, 0.717) is 24.6 Å². The predicted octanol–water partition coefficient (Wildman–Crippen LogP) is 5.76. The number of primary amides is 1. The molecule has 2 amide bonds. The largest absolute Gasteiger partial charge is 0.481 e. The summed E-state index contributed by atoms with van der Waals surface area (Å²) in [6.07, 6.45) is 8.24. The topological polar surface area (TPSA) is 136 Å². The Morgan fingerprint density at radius 3 is 1.88 bits per heavy atom. The molecule has 3 aromatic rings. The molecule has 40 heavy (non-hydrogen) atoms. The highest BCUT2D eigenvalue weighted by Crippen LogP contribution is 2.35. The highest BCUT2D eigenvalue weighted by molar-refractivity contribution is 6.04. The molecule has 0 unspecified atom stereocenters. The predicted molar refractivity (Wildman–Crippen MR) is 156 cm³/mol. The van der Waals surface area contributed by atoms with Crippen LogP contribution in [-0.2, 0) is 16.0 Å². The number of benzene rings is 3. The van der Waals surface area contributed by atoms with Crippen LogP contribution in [0.4, 0.5) is 16.2 Å². The minimum absolute atomic E-state index is 0.0329. The van der Waals surface area contributed by atoms with E-state index in [-0.39, 0.29) is 18.3 Å². The smallest absolute Gasteiger partial charge is 0.323 e. The summed E-state index contributed by atoms with van der Waals surface area (Å²) < 4.78 is 5.42. The van der Waals surface area contributed by atoms with Crippen LogP contribution in [0, 0.1) is 11.8 Å². The number of nitrogens with two attached hydrogens (primary N) is 2. The first-order valence-electron chi connectivity index (χ1n) is 13.5. The highest BCUT2D eigenvalue weighted by atomic mass is 16.5. The number of carboxylic acid groups (broad SMARTS) is 1. The zero-order valence-corrected chi connectivity index (χ0v) is 22.4.